The van der Waals surface area contributed by atoms with Gasteiger partial charge in [-0.1, -0.05) is 50.1 Å². The Balaban J connectivity index is 1.93. The molecule has 0 spiro atoms. The van der Waals surface area contributed by atoms with E-state index in [1.54, 1.807) is 7.11 Å². The predicted octanol–water partition coefficient (Wildman–Crippen LogP) is 4.58. The van der Waals surface area contributed by atoms with Gasteiger partial charge >= 0.3 is 0 Å². The third kappa shape index (κ3) is 4.68. The van der Waals surface area contributed by atoms with E-state index in [4.69, 9.17) is 22.1 Å². The summed E-state index contributed by atoms with van der Waals surface area (Å²) in [4.78, 5) is 0. The van der Waals surface area contributed by atoms with Gasteiger partial charge in [0, 0.05) is 11.1 Å². The van der Waals surface area contributed by atoms with Gasteiger partial charge in [0.2, 0.25) is 0 Å². The summed E-state index contributed by atoms with van der Waals surface area (Å²) in [7, 11) is 1.70. The molecule has 1 aliphatic rings. The van der Waals surface area contributed by atoms with Crippen LogP contribution in [0.4, 0.5) is 0 Å². The fourth-order valence-corrected chi connectivity index (χ4v) is 3.49. The Labute approximate surface area is 127 Å². The number of hydrogen-bond acceptors (Lipinski definition) is 2. The van der Waals surface area contributed by atoms with Crippen molar-refractivity contribution in [2.24, 2.45) is 11.7 Å². The minimum Gasteiger partial charge on any atom is -0.496 e. The van der Waals surface area contributed by atoms with Crippen LogP contribution in [0, 0.1) is 5.92 Å². The van der Waals surface area contributed by atoms with Crippen molar-refractivity contribution in [3.63, 3.8) is 0 Å². The molecule has 0 aromatic heterocycles. The Morgan fingerprint density at radius 2 is 1.95 bits per heavy atom. The Morgan fingerprint density at radius 1 is 1.25 bits per heavy atom. The van der Waals surface area contributed by atoms with Gasteiger partial charge in [-0.05, 0) is 42.5 Å². The molecule has 0 aliphatic heterocycles. The van der Waals surface area contributed by atoms with Gasteiger partial charge in [-0.15, -0.1) is 0 Å². The lowest BCUT2D eigenvalue weighted by Gasteiger charge is -2.20. The lowest BCUT2D eigenvalue weighted by Crippen LogP contribution is -2.26. The van der Waals surface area contributed by atoms with Gasteiger partial charge in [-0.2, -0.15) is 0 Å². The lowest BCUT2D eigenvalue weighted by molar-refractivity contribution is 0.379. The number of benzene rings is 1. The Bertz CT molecular complexity index is 413. The molecule has 20 heavy (non-hydrogen) atoms. The summed E-state index contributed by atoms with van der Waals surface area (Å²) >= 11 is 6.07. The highest BCUT2D eigenvalue weighted by Gasteiger charge is 2.17. The maximum atomic E-state index is 6.36. The highest BCUT2D eigenvalue weighted by molar-refractivity contribution is 6.30. The largest absolute Gasteiger partial charge is 0.496 e. The molecule has 1 atom stereocenters. The van der Waals surface area contributed by atoms with Gasteiger partial charge in [-0.25, -0.2) is 0 Å². The van der Waals surface area contributed by atoms with Crippen LogP contribution in [-0.2, 0) is 6.42 Å². The van der Waals surface area contributed by atoms with Crippen molar-refractivity contribution >= 4 is 11.6 Å². The second kappa shape index (κ2) is 7.90. The molecule has 2 N–H and O–H groups in total. The average molecular weight is 296 g/mol. The minimum atomic E-state index is 0.200. The van der Waals surface area contributed by atoms with Crippen LogP contribution in [0.3, 0.4) is 0 Å². The van der Waals surface area contributed by atoms with Gasteiger partial charge in [-0.3, -0.25) is 0 Å². The van der Waals surface area contributed by atoms with E-state index in [1.165, 1.54) is 38.5 Å². The molecule has 0 heterocycles. The fraction of sp³-hybridized carbons (Fsp3) is 0.647. The minimum absolute atomic E-state index is 0.200. The van der Waals surface area contributed by atoms with Gasteiger partial charge < -0.3 is 10.5 Å². The van der Waals surface area contributed by atoms with Crippen LogP contribution < -0.4 is 10.5 Å². The molecule has 1 aliphatic carbocycles. The number of ether oxygens (including phenoxy) is 1. The zero-order chi connectivity index (χ0) is 14.4. The zero-order valence-corrected chi connectivity index (χ0v) is 13.2. The number of hydrogen-bond donors (Lipinski definition) is 1. The maximum Gasteiger partial charge on any atom is 0.122 e. The number of rotatable bonds is 5. The van der Waals surface area contributed by atoms with Crippen molar-refractivity contribution in [1.29, 1.82) is 0 Å². The van der Waals surface area contributed by atoms with Crippen molar-refractivity contribution in [1.82, 2.24) is 0 Å². The summed E-state index contributed by atoms with van der Waals surface area (Å²) in [6, 6.07) is 5.97. The summed E-state index contributed by atoms with van der Waals surface area (Å²) in [5, 5.41) is 0.752. The zero-order valence-electron chi connectivity index (χ0n) is 12.4. The smallest absolute Gasteiger partial charge is 0.122 e. The van der Waals surface area contributed by atoms with Gasteiger partial charge in [0.25, 0.3) is 0 Å². The third-order valence-corrected chi connectivity index (χ3v) is 4.57. The molecule has 2 rings (SSSR count). The maximum absolute atomic E-state index is 6.36. The van der Waals surface area contributed by atoms with Crippen molar-refractivity contribution in [3.8, 4) is 5.75 Å². The normalized spacial score (nSPS) is 18.6. The molecule has 1 fully saturated rings. The van der Waals surface area contributed by atoms with Gasteiger partial charge in [0.1, 0.15) is 5.75 Å². The molecule has 2 nitrogen and oxygen atoms in total. The molecular formula is C17H26ClNO. The summed E-state index contributed by atoms with van der Waals surface area (Å²) in [5.41, 5.74) is 7.49. The molecule has 0 saturated heterocycles. The molecule has 0 bridgehead atoms. The lowest BCUT2D eigenvalue weighted by atomic mass is 9.90. The molecule has 112 valence electrons. The van der Waals surface area contributed by atoms with Gasteiger partial charge in [0.15, 0.2) is 0 Å². The standard InChI is InChI=1S/C17H26ClNO/c1-20-17-9-8-15(18)11-14(17)12-16(19)10-13-6-4-2-3-5-7-13/h8-9,11,13,16H,2-7,10,12,19H2,1H3. The quantitative estimate of drug-likeness (QED) is 0.807. The Kier molecular flexibility index (Phi) is 6.18. The van der Waals surface area contributed by atoms with Crippen LogP contribution in [0.25, 0.3) is 0 Å². The van der Waals surface area contributed by atoms with Crippen LogP contribution in [0.15, 0.2) is 18.2 Å². The average Bonchev–Trinajstić information content (AvgIpc) is 2.67. The van der Waals surface area contributed by atoms with E-state index >= 15 is 0 Å². The first-order valence-corrected chi connectivity index (χ1v) is 8.15. The van der Waals surface area contributed by atoms with Crippen molar-refractivity contribution in [2.45, 2.75) is 57.4 Å². The van der Waals surface area contributed by atoms with E-state index in [-0.39, 0.29) is 6.04 Å². The van der Waals surface area contributed by atoms with Crippen LogP contribution >= 0.6 is 11.6 Å². The predicted molar refractivity (Wildman–Crippen MR) is 85.5 cm³/mol. The fourth-order valence-electron chi connectivity index (χ4n) is 3.30. The molecule has 1 aromatic rings. The molecular weight excluding hydrogens is 270 g/mol. The number of methoxy groups -OCH3 is 1. The van der Waals surface area contributed by atoms with E-state index in [2.05, 4.69) is 0 Å². The molecule has 1 unspecified atom stereocenters. The topological polar surface area (TPSA) is 35.2 Å². The van der Waals surface area contributed by atoms with Crippen LogP contribution in [0.2, 0.25) is 5.02 Å². The second-order valence-corrected chi connectivity index (χ2v) is 6.45. The first-order chi connectivity index (χ1) is 9.69. The molecule has 1 aromatic carbocycles. The second-order valence-electron chi connectivity index (χ2n) is 6.01. The highest BCUT2D eigenvalue weighted by Crippen LogP contribution is 2.28. The van der Waals surface area contributed by atoms with Crippen molar-refractivity contribution in [3.05, 3.63) is 28.8 Å². The van der Waals surface area contributed by atoms with E-state index < -0.39 is 0 Å². The summed E-state index contributed by atoms with van der Waals surface area (Å²) in [6.45, 7) is 0. The van der Waals surface area contributed by atoms with E-state index in [1.807, 2.05) is 18.2 Å². The number of halogens is 1. The highest BCUT2D eigenvalue weighted by atomic mass is 35.5. The van der Waals surface area contributed by atoms with Crippen molar-refractivity contribution < 1.29 is 4.74 Å². The molecule has 1 saturated carbocycles. The van der Waals surface area contributed by atoms with E-state index in [0.29, 0.717) is 0 Å². The summed E-state index contributed by atoms with van der Waals surface area (Å²) in [5.74, 6) is 1.70. The molecule has 0 amide bonds. The molecule has 3 heteroatoms. The van der Waals surface area contributed by atoms with E-state index in [9.17, 15) is 0 Å². The molecule has 0 radical (unpaired) electrons. The summed E-state index contributed by atoms with van der Waals surface area (Å²) in [6.07, 6.45) is 10.2. The Hall–Kier alpha value is -0.730. The number of nitrogens with two attached hydrogens (primary N) is 1. The van der Waals surface area contributed by atoms with Crippen LogP contribution in [-0.4, -0.2) is 13.2 Å². The monoisotopic (exact) mass is 295 g/mol. The van der Waals surface area contributed by atoms with Crippen LogP contribution in [0.5, 0.6) is 5.75 Å². The third-order valence-electron chi connectivity index (χ3n) is 4.34. The Morgan fingerprint density at radius 3 is 2.60 bits per heavy atom. The van der Waals surface area contributed by atoms with Gasteiger partial charge in [0.05, 0.1) is 7.11 Å². The van der Waals surface area contributed by atoms with Crippen molar-refractivity contribution in [2.75, 3.05) is 7.11 Å². The summed E-state index contributed by atoms with van der Waals surface area (Å²) < 4.78 is 5.40. The SMILES string of the molecule is COc1ccc(Cl)cc1CC(N)CC1CCCCCC1. The van der Waals surface area contributed by atoms with Crippen LogP contribution in [0.1, 0.15) is 50.5 Å². The first-order valence-electron chi connectivity index (χ1n) is 7.77. The first kappa shape index (κ1) is 15.7. The van der Waals surface area contributed by atoms with E-state index in [0.717, 1.165) is 35.1 Å².